The topological polar surface area (TPSA) is 38.0 Å². The summed E-state index contributed by atoms with van der Waals surface area (Å²) in [6, 6.07) is 0.555. The predicted molar refractivity (Wildman–Crippen MR) is 66.4 cm³/mol. The summed E-state index contributed by atoms with van der Waals surface area (Å²) >= 11 is 0. The second-order valence-corrected chi connectivity index (χ2v) is 5.17. The highest BCUT2D eigenvalue weighted by molar-refractivity contribution is 4.85. The van der Waals surface area contributed by atoms with Crippen LogP contribution in [0, 0.1) is 11.8 Å². The van der Waals surface area contributed by atoms with E-state index in [-0.39, 0.29) is 0 Å². The molecule has 1 rings (SSSR count). The molecular weight excluding hydrogens is 184 g/mol. The van der Waals surface area contributed by atoms with E-state index in [1.54, 1.807) is 0 Å². The van der Waals surface area contributed by atoms with Crippen LogP contribution in [0.25, 0.3) is 0 Å². The molecule has 0 radical (unpaired) electrons. The third-order valence-electron chi connectivity index (χ3n) is 3.83. The SMILES string of the molecule is CCCCCCCC(NN)C(C)C1CC1. The highest BCUT2D eigenvalue weighted by Gasteiger charge is 2.32. The van der Waals surface area contributed by atoms with Crippen LogP contribution in [0.5, 0.6) is 0 Å². The molecule has 0 aromatic heterocycles. The minimum Gasteiger partial charge on any atom is -0.271 e. The molecule has 0 amide bonds. The molecule has 0 bridgehead atoms. The summed E-state index contributed by atoms with van der Waals surface area (Å²) in [6.07, 6.45) is 10.9. The molecule has 1 fully saturated rings. The molecule has 2 nitrogen and oxygen atoms in total. The normalized spacial score (nSPS) is 20.2. The van der Waals surface area contributed by atoms with Gasteiger partial charge < -0.3 is 0 Å². The molecule has 1 aliphatic carbocycles. The molecule has 2 heteroatoms. The first-order valence-corrected chi connectivity index (χ1v) is 6.75. The first kappa shape index (κ1) is 13.0. The Morgan fingerprint density at radius 3 is 2.40 bits per heavy atom. The van der Waals surface area contributed by atoms with Gasteiger partial charge in [-0.2, -0.15) is 0 Å². The van der Waals surface area contributed by atoms with E-state index in [4.69, 9.17) is 5.84 Å². The van der Waals surface area contributed by atoms with Gasteiger partial charge >= 0.3 is 0 Å². The lowest BCUT2D eigenvalue weighted by Gasteiger charge is -2.22. The minimum atomic E-state index is 0.555. The van der Waals surface area contributed by atoms with Gasteiger partial charge in [0.25, 0.3) is 0 Å². The van der Waals surface area contributed by atoms with Crippen LogP contribution < -0.4 is 11.3 Å². The van der Waals surface area contributed by atoms with Crippen LogP contribution in [0.15, 0.2) is 0 Å². The zero-order valence-corrected chi connectivity index (χ0v) is 10.5. The summed E-state index contributed by atoms with van der Waals surface area (Å²) in [5.74, 6) is 7.37. The van der Waals surface area contributed by atoms with Crippen LogP contribution in [0.2, 0.25) is 0 Å². The fraction of sp³-hybridized carbons (Fsp3) is 1.00. The van der Waals surface area contributed by atoms with E-state index < -0.39 is 0 Å². The number of hydrazine groups is 1. The van der Waals surface area contributed by atoms with Gasteiger partial charge in [-0.25, -0.2) is 0 Å². The van der Waals surface area contributed by atoms with Gasteiger partial charge in [0.2, 0.25) is 0 Å². The Kier molecular flexibility index (Phi) is 6.26. The molecule has 1 saturated carbocycles. The van der Waals surface area contributed by atoms with Crippen molar-refractivity contribution < 1.29 is 0 Å². The molecule has 15 heavy (non-hydrogen) atoms. The molecule has 0 aromatic rings. The molecule has 2 atom stereocenters. The van der Waals surface area contributed by atoms with Gasteiger partial charge in [-0.1, -0.05) is 46.0 Å². The van der Waals surface area contributed by atoms with Crippen molar-refractivity contribution in [1.29, 1.82) is 0 Å². The van der Waals surface area contributed by atoms with Gasteiger partial charge in [0.1, 0.15) is 0 Å². The molecule has 0 saturated heterocycles. The van der Waals surface area contributed by atoms with Gasteiger partial charge in [0.05, 0.1) is 0 Å². The average molecular weight is 212 g/mol. The number of rotatable bonds is 9. The van der Waals surface area contributed by atoms with E-state index in [0.29, 0.717) is 6.04 Å². The number of nitrogens with one attached hydrogen (secondary N) is 1. The lowest BCUT2D eigenvalue weighted by atomic mass is 9.92. The Balaban J connectivity index is 2.05. The molecule has 0 heterocycles. The van der Waals surface area contributed by atoms with Crippen LogP contribution in [-0.4, -0.2) is 6.04 Å². The van der Waals surface area contributed by atoms with E-state index in [1.165, 1.54) is 51.4 Å². The third kappa shape index (κ3) is 4.98. The van der Waals surface area contributed by atoms with E-state index >= 15 is 0 Å². The highest BCUT2D eigenvalue weighted by atomic mass is 15.2. The molecule has 1 aliphatic rings. The molecule has 0 aromatic carbocycles. The summed E-state index contributed by atoms with van der Waals surface area (Å²) in [5, 5.41) is 0. The van der Waals surface area contributed by atoms with Crippen molar-refractivity contribution >= 4 is 0 Å². The van der Waals surface area contributed by atoms with Gasteiger partial charge in [-0.05, 0) is 31.1 Å². The Morgan fingerprint density at radius 1 is 1.20 bits per heavy atom. The van der Waals surface area contributed by atoms with Crippen LogP contribution in [0.1, 0.15) is 65.2 Å². The second-order valence-electron chi connectivity index (χ2n) is 5.17. The Morgan fingerprint density at radius 2 is 1.87 bits per heavy atom. The lowest BCUT2D eigenvalue weighted by Crippen LogP contribution is -2.40. The number of unbranched alkanes of at least 4 members (excludes halogenated alkanes) is 4. The summed E-state index contributed by atoms with van der Waals surface area (Å²) < 4.78 is 0. The number of hydrogen-bond acceptors (Lipinski definition) is 2. The minimum absolute atomic E-state index is 0.555. The molecule has 0 spiro atoms. The predicted octanol–water partition coefficient (Wildman–Crippen LogP) is 3.22. The maximum atomic E-state index is 5.63. The third-order valence-corrected chi connectivity index (χ3v) is 3.83. The van der Waals surface area contributed by atoms with Crippen LogP contribution >= 0.6 is 0 Å². The van der Waals surface area contributed by atoms with Crippen molar-refractivity contribution in [2.45, 2.75) is 71.3 Å². The quantitative estimate of drug-likeness (QED) is 0.350. The van der Waals surface area contributed by atoms with Gasteiger partial charge in [-0.3, -0.25) is 11.3 Å². The Hall–Kier alpha value is -0.0800. The van der Waals surface area contributed by atoms with Crippen LogP contribution in [-0.2, 0) is 0 Å². The average Bonchev–Trinajstić information content (AvgIpc) is 3.06. The van der Waals surface area contributed by atoms with Crippen molar-refractivity contribution in [3.8, 4) is 0 Å². The van der Waals surface area contributed by atoms with Crippen molar-refractivity contribution in [3.63, 3.8) is 0 Å². The van der Waals surface area contributed by atoms with Gasteiger partial charge in [0.15, 0.2) is 0 Å². The van der Waals surface area contributed by atoms with Gasteiger partial charge in [0, 0.05) is 6.04 Å². The van der Waals surface area contributed by atoms with Gasteiger partial charge in [-0.15, -0.1) is 0 Å². The largest absolute Gasteiger partial charge is 0.271 e. The molecule has 3 N–H and O–H groups in total. The van der Waals surface area contributed by atoms with Crippen molar-refractivity contribution in [1.82, 2.24) is 5.43 Å². The summed E-state index contributed by atoms with van der Waals surface area (Å²) in [6.45, 7) is 4.62. The van der Waals surface area contributed by atoms with E-state index in [0.717, 1.165) is 11.8 Å². The molecule has 90 valence electrons. The van der Waals surface area contributed by atoms with Crippen molar-refractivity contribution in [2.75, 3.05) is 0 Å². The smallest absolute Gasteiger partial charge is 0.0238 e. The van der Waals surface area contributed by atoms with E-state index in [2.05, 4.69) is 19.3 Å². The maximum Gasteiger partial charge on any atom is 0.0238 e. The lowest BCUT2D eigenvalue weighted by molar-refractivity contribution is 0.319. The van der Waals surface area contributed by atoms with Crippen molar-refractivity contribution in [2.24, 2.45) is 17.7 Å². The summed E-state index contributed by atoms with van der Waals surface area (Å²) in [4.78, 5) is 0. The monoisotopic (exact) mass is 212 g/mol. The van der Waals surface area contributed by atoms with Crippen LogP contribution in [0.3, 0.4) is 0 Å². The summed E-state index contributed by atoms with van der Waals surface area (Å²) in [5.41, 5.74) is 3.01. The first-order valence-electron chi connectivity index (χ1n) is 6.75. The fourth-order valence-corrected chi connectivity index (χ4v) is 2.42. The number of hydrogen-bond donors (Lipinski definition) is 2. The maximum absolute atomic E-state index is 5.63. The Bertz CT molecular complexity index is 155. The zero-order valence-electron chi connectivity index (χ0n) is 10.5. The first-order chi connectivity index (χ1) is 7.29. The molecule has 2 unspecified atom stereocenters. The zero-order chi connectivity index (χ0) is 11.1. The summed E-state index contributed by atoms with van der Waals surface area (Å²) in [7, 11) is 0. The molecular formula is C13H28N2. The van der Waals surface area contributed by atoms with E-state index in [9.17, 15) is 0 Å². The van der Waals surface area contributed by atoms with Crippen LogP contribution in [0.4, 0.5) is 0 Å². The number of nitrogens with two attached hydrogens (primary N) is 1. The standard InChI is InChI=1S/C13H28N2/c1-3-4-5-6-7-8-13(15-14)11(2)12-9-10-12/h11-13,15H,3-10,14H2,1-2H3. The molecule has 0 aliphatic heterocycles. The second kappa shape index (κ2) is 7.24. The fourth-order valence-electron chi connectivity index (χ4n) is 2.42. The Labute approximate surface area is 95.0 Å². The van der Waals surface area contributed by atoms with E-state index in [1.807, 2.05) is 0 Å². The highest BCUT2D eigenvalue weighted by Crippen LogP contribution is 2.38. The van der Waals surface area contributed by atoms with Crippen molar-refractivity contribution in [3.05, 3.63) is 0 Å².